The molecule has 0 amide bonds. The van der Waals surface area contributed by atoms with E-state index in [2.05, 4.69) is 38.5 Å². The zero-order valence-corrected chi connectivity index (χ0v) is 13.3. The molecule has 2 heterocycles. The molecule has 1 N–H and O–H groups in total. The highest BCUT2D eigenvalue weighted by Crippen LogP contribution is 2.42. The first-order valence-electron chi connectivity index (χ1n) is 6.48. The van der Waals surface area contributed by atoms with E-state index in [9.17, 15) is 0 Å². The van der Waals surface area contributed by atoms with Crippen molar-refractivity contribution in [1.29, 1.82) is 0 Å². The second-order valence-corrected chi connectivity index (χ2v) is 7.62. The van der Waals surface area contributed by atoms with Gasteiger partial charge in [0.05, 0.1) is 4.88 Å². The van der Waals surface area contributed by atoms with E-state index in [1.54, 1.807) is 11.3 Å². The van der Waals surface area contributed by atoms with Gasteiger partial charge in [-0.25, -0.2) is 0 Å². The van der Waals surface area contributed by atoms with Gasteiger partial charge in [0.25, 0.3) is 0 Å². The normalized spacial score (nSPS) is 17.9. The van der Waals surface area contributed by atoms with Gasteiger partial charge in [-0.1, -0.05) is 18.9 Å². The summed E-state index contributed by atoms with van der Waals surface area (Å²) in [6.45, 7) is 0.969. The number of hydrogen-bond donors (Lipinski definition) is 1. The number of aromatic amines is 1. The first-order valence-corrected chi connectivity index (χ1v) is 9.00. The SMILES string of the molecule is CSC1(Cn2c(-c3cccs3)n[nH]c2=S)CCCC1. The van der Waals surface area contributed by atoms with Crippen molar-refractivity contribution in [1.82, 2.24) is 14.8 Å². The molecular weight excluding hydrogens is 294 g/mol. The Hall–Kier alpha value is -0.590. The molecule has 0 aliphatic heterocycles. The summed E-state index contributed by atoms with van der Waals surface area (Å²) in [7, 11) is 0. The number of aromatic nitrogens is 3. The zero-order chi connectivity index (χ0) is 13.3. The Bertz CT molecular complexity index is 591. The maximum absolute atomic E-state index is 5.42. The fraction of sp³-hybridized carbons (Fsp3) is 0.538. The monoisotopic (exact) mass is 311 g/mol. The summed E-state index contributed by atoms with van der Waals surface area (Å²) in [5.41, 5.74) is 0. The summed E-state index contributed by atoms with van der Waals surface area (Å²) >= 11 is 9.12. The lowest BCUT2D eigenvalue weighted by Crippen LogP contribution is -2.27. The molecule has 102 valence electrons. The van der Waals surface area contributed by atoms with Crippen LogP contribution in [-0.2, 0) is 6.54 Å². The highest BCUT2D eigenvalue weighted by Gasteiger charge is 2.34. The fourth-order valence-electron chi connectivity index (χ4n) is 2.79. The van der Waals surface area contributed by atoms with Gasteiger partial charge < -0.3 is 0 Å². The standard InChI is InChI=1S/C13H17N3S3/c1-18-13(6-2-3-7-13)9-16-11(14-15-12(16)17)10-5-4-8-19-10/h4-5,8H,2-3,6-7,9H2,1H3,(H,15,17). The van der Waals surface area contributed by atoms with Crippen molar-refractivity contribution < 1.29 is 0 Å². The van der Waals surface area contributed by atoms with Crippen LogP contribution in [0.4, 0.5) is 0 Å². The molecule has 0 atom stereocenters. The van der Waals surface area contributed by atoms with E-state index in [0.717, 1.165) is 17.1 Å². The molecule has 1 saturated carbocycles. The van der Waals surface area contributed by atoms with Crippen LogP contribution >= 0.6 is 35.3 Å². The topological polar surface area (TPSA) is 33.6 Å². The van der Waals surface area contributed by atoms with Gasteiger partial charge in [0.2, 0.25) is 0 Å². The number of nitrogens with zero attached hydrogens (tertiary/aromatic N) is 2. The van der Waals surface area contributed by atoms with Gasteiger partial charge in [0, 0.05) is 11.3 Å². The quantitative estimate of drug-likeness (QED) is 0.853. The number of thiophene rings is 1. The van der Waals surface area contributed by atoms with Gasteiger partial charge in [-0.15, -0.1) is 11.3 Å². The molecule has 0 bridgehead atoms. The van der Waals surface area contributed by atoms with E-state index in [4.69, 9.17) is 12.2 Å². The summed E-state index contributed by atoms with van der Waals surface area (Å²) in [6, 6.07) is 4.16. The maximum Gasteiger partial charge on any atom is 0.195 e. The third kappa shape index (κ3) is 2.53. The van der Waals surface area contributed by atoms with Crippen molar-refractivity contribution in [2.24, 2.45) is 0 Å². The largest absolute Gasteiger partial charge is 0.298 e. The van der Waals surface area contributed by atoms with E-state index < -0.39 is 0 Å². The van der Waals surface area contributed by atoms with E-state index >= 15 is 0 Å². The minimum atomic E-state index is 0.341. The van der Waals surface area contributed by atoms with Gasteiger partial charge in [-0.3, -0.25) is 9.67 Å². The van der Waals surface area contributed by atoms with Gasteiger partial charge >= 0.3 is 0 Å². The van der Waals surface area contributed by atoms with E-state index in [0.29, 0.717) is 4.75 Å². The molecule has 1 aliphatic carbocycles. The third-order valence-electron chi connectivity index (χ3n) is 3.89. The molecule has 3 nitrogen and oxygen atoms in total. The predicted molar refractivity (Wildman–Crippen MR) is 85.4 cm³/mol. The van der Waals surface area contributed by atoms with Crippen molar-refractivity contribution >= 4 is 35.3 Å². The molecule has 0 aromatic carbocycles. The lowest BCUT2D eigenvalue weighted by atomic mass is 10.1. The van der Waals surface area contributed by atoms with Crippen LogP contribution in [-0.4, -0.2) is 25.8 Å². The molecular formula is C13H17N3S3. The van der Waals surface area contributed by atoms with Crippen LogP contribution in [0.2, 0.25) is 0 Å². The Kier molecular flexibility index (Phi) is 3.82. The van der Waals surface area contributed by atoms with Crippen LogP contribution in [0.5, 0.6) is 0 Å². The molecule has 0 unspecified atom stereocenters. The van der Waals surface area contributed by atoms with Crippen LogP contribution < -0.4 is 0 Å². The number of rotatable bonds is 4. The summed E-state index contributed by atoms with van der Waals surface area (Å²) in [5, 5.41) is 9.45. The smallest absolute Gasteiger partial charge is 0.195 e. The number of hydrogen-bond acceptors (Lipinski definition) is 4. The first kappa shape index (κ1) is 13.4. The van der Waals surface area contributed by atoms with Crippen molar-refractivity contribution in [3.8, 4) is 10.7 Å². The van der Waals surface area contributed by atoms with E-state index in [1.807, 2.05) is 11.8 Å². The lowest BCUT2D eigenvalue weighted by Gasteiger charge is -2.27. The van der Waals surface area contributed by atoms with Crippen LogP contribution in [0.1, 0.15) is 25.7 Å². The lowest BCUT2D eigenvalue weighted by molar-refractivity contribution is 0.504. The van der Waals surface area contributed by atoms with Crippen molar-refractivity contribution in [3.05, 3.63) is 22.3 Å². The summed E-state index contributed by atoms with van der Waals surface area (Å²) in [4.78, 5) is 1.18. The van der Waals surface area contributed by atoms with Gasteiger partial charge in [-0.05, 0) is 42.8 Å². The van der Waals surface area contributed by atoms with Crippen LogP contribution in [0.25, 0.3) is 10.7 Å². The Labute approximate surface area is 126 Å². The molecule has 1 aliphatic rings. The second-order valence-electron chi connectivity index (χ2n) is 5.01. The maximum atomic E-state index is 5.42. The highest BCUT2D eigenvalue weighted by atomic mass is 32.2. The van der Waals surface area contributed by atoms with Crippen LogP contribution in [0.3, 0.4) is 0 Å². The van der Waals surface area contributed by atoms with Gasteiger partial charge in [-0.2, -0.15) is 16.9 Å². The Morgan fingerprint density at radius 2 is 2.32 bits per heavy atom. The average molecular weight is 312 g/mol. The molecule has 0 saturated heterocycles. The third-order valence-corrected chi connectivity index (χ3v) is 6.47. The predicted octanol–water partition coefficient (Wildman–Crippen LogP) is 4.34. The van der Waals surface area contributed by atoms with Gasteiger partial charge in [0.15, 0.2) is 10.6 Å². The zero-order valence-electron chi connectivity index (χ0n) is 10.9. The Morgan fingerprint density at radius 3 is 2.95 bits per heavy atom. The second kappa shape index (κ2) is 5.42. The summed E-state index contributed by atoms with van der Waals surface area (Å²) in [5.74, 6) is 0.986. The Balaban J connectivity index is 1.97. The number of thioether (sulfide) groups is 1. The van der Waals surface area contributed by atoms with Crippen molar-refractivity contribution in [3.63, 3.8) is 0 Å². The fourth-order valence-corrected chi connectivity index (χ4v) is 4.67. The molecule has 1 fully saturated rings. The highest BCUT2D eigenvalue weighted by molar-refractivity contribution is 8.00. The summed E-state index contributed by atoms with van der Waals surface area (Å²) < 4.78 is 3.26. The number of nitrogens with one attached hydrogen (secondary N) is 1. The molecule has 2 aromatic rings. The molecule has 0 spiro atoms. The van der Waals surface area contributed by atoms with Crippen molar-refractivity contribution in [2.75, 3.05) is 6.26 Å². The molecule has 6 heteroatoms. The molecule has 19 heavy (non-hydrogen) atoms. The van der Waals surface area contributed by atoms with Crippen LogP contribution in [0.15, 0.2) is 17.5 Å². The average Bonchev–Trinajstić information content (AvgIpc) is 3.13. The van der Waals surface area contributed by atoms with Gasteiger partial charge in [0.1, 0.15) is 0 Å². The van der Waals surface area contributed by atoms with E-state index in [1.165, 1.54) is 30.6 Å². The summed E-state index contributed by atoms with van der Waals surface area (Å²) in [6.07, 6.45) is 7.45. The minimum absolute atomic E-state index is 0.341. The van der Waals surface area contributed by atoms with Crippen LogP contribution in [0, 0.1) is 4.77 Å². The number of H-pyrrole nitrogens is 1. The van der Waals surface area contributed by atoms with Crippen molar-refractivity contribution in [2.45, 2.75) is 37.0 Å². The Morgan fingerprint density at radius 1 is 1.53 bits per heavy atom. The molecule has 3 rings (SSSR count). The minimum Gasteiger partial charge on any atom is -0.298 e. The van der Waals surface area contributed by atoms with E-state index in [-0.39, 0.29) is 0 Å². The molecule has 2 aromatic heterocycles. The molecule has 0 radical (unpaired) electrons. The first-order chi connectivity index (χ1) is 9.24.